The predicted octanol–water partition coefficient (Wildman–Crippen LogP) is 3.70. The molecular weight excluding hydrogens is 375 g/mol. The molecule has 0 radical (unpaired) electrons. The number of aryl methyl sites for hydroxylation is 1. The van der Waals surface area contributed by atoms with E-state index >= 15 is 0 Å². The second kappa shape index (κ2) is 9.13. The SMILES string of the molecule is Cc1ccc(NC(=O)[C@H](C)OC(=O)CSc2ccccc2[N+](=O)[O-])cc1F. The summed E-state index contributed by atoms with van der Waals surface area (Å²) in [7, 11) is 0. The van der Waals surface area contributed by atoms with Crippen molar-refractivity contribution >= 4 is 35.0 Å². The number of carbonyl (C=O) groups excluding carboxylic acids is 2. The molecule has 0 aliphatic rings. The maximum absolute atomic E-state index is 13.5. The summed E-state index contributed by atoms with van der Waals surface area (Å²) in [5.74, 6) is -1.96. The smallest absolute Gasteiger partial charge is 0.317 e. The third kappa shape index (κ3) is 5.78. The third-order valence-electron chi connectivity index (χ3n) is 3.52. The molecule has 2 rings (SSSR count). The first-order valence-corrected chi connectivity index (χ1v) is 8.89. The molecule has 27 heavy (non-hydrogen) atoms. The fourth-order valence-electron chi connectivity index (χ4n) is 2.07. The van der Waals surface area contributed by atoms with Crippen molar-refractivity contribution in [1.82, 2.24) is 0 Å². The van der Waals surface area contributed by atoms with Crippen LogP contribution in [0.15, 0.2) is 47.4 Å². The Hall–Kier alpha value is -2.94. The second-order valence-electron chi connectivity index (χ2n) is 5.60. The van der Waals surface area contributed by atoms with Gasteiger partial charge in [-0.15, -0.1) is 11.8 Å². The summed E-state index contributed by atoms with van der Waals surface area (Å²) in [6, 6.07) is 10.2. The van der Waals surface area contributed by atoms with Gasteiger partial charge in [0.2, 0.25) is 0 Å². The number of carbonyl (C=O) groups is 2. The minimum Gasteiger partial charge on any atom is -0.452 e. The number of nitrogens with zero attached hydrogens (tertiary/aromatic N) is 1. The topological polar surface area (TPSA) is 98.5 Å². The Labute approximate surface area is 159 Å². The molecule has 0 heterocycles. The number of nitro groups is 1. The molecule has 0 aromatic heterocycles. The lowest BCUT2D eigenvalue weighted by atomic mass is 10.2. The van der Waals surface area contributed by atoms with E-state index in [4.69, 9.17) is 4.74 Å². The lowest BCUT2D eigenvalue weighted by molar-refractivity contribution is -0.387. The highest BCUT2D eigenvalue weighted by Crippen LogP contribution is 2.28. The van der Waals surface area contributed by atoms with Crippen molar-refractivity contribution in [1.29, 1.82) is 0 Å². The fraction of sp³-hybridized carbons (Fsp3) is 0.222. The number of anilines is 1. The number of benzene rings is 2. The van der Waals surface area contributed by atoms with Gasteiger partial charge in [0.25, 0.3) is 11.6 Å². The number of nitrogens with one attached hydrogen (secondary N) is 1. The molecule has 0 aliphatic carbocycles. The van der Waals surface area contributed by atoms with Crippen LogP contribution in [-0.2, 0) is 14.3 Å². The van der Waals surface area contributed by atoms with Crippen LogP contribution in [0, 0.1) is 22.9 Å². The van der Waals surface area contributed by atoms with Crippen LogP contribution in [0.25, 0.3) is 0 Å². The molecular formula is C18H17FN2O5S. The Morgan fingerprint density at radius 2 is 2.00 bits per heavy atom. The number of hydrogen-bond donors (Lipinski definition) is 1. The second-order valence-corrected chi connectivity index (χ2v) is 6.62. The van der Waals surface area contributed by atoms with Gasteiger partial charge in [-0.1, -0.05) is 18.2 Å². The van der Waals surface area contributed by atoms with Gasteiger partial charge in [0, 0.05) is 11.8 Å². The molecule has 0 saturated heterocycles. The van der Waals surface area contributed by atoms with Crippen LogP contribution in [0.3, 0.4) is 0 Å². The maximum atomic E-state index is 13.5. The standard InChI is InChI=1S/C18H17FN2O5S/c1-11-7-8-13(9-14(11)19)20-18(23)12(2)26-17(22)10-27-16-6-4-3-5-15(16)21(24)25/h3-9,12H,10H2,1-2H3,(H,20,23)/t12-/m0/s1. The number of para-hydroxylation sites is 1. The Balaban J connectivity index is 1.88. The average molecular weight is 392 g/mol. The van der Waals surface area contributed by atoms with Crippen molar-refractivity contribution in [3.63, 3.8) is 0 Å². The zero-order valence-corrected chi connectivity index (χ0v) is 15.4. The van der Waals surface area contributed by atoms with E-state index in [2.05, 4.69) is 5.32 Å². The summed E-state index contributed by atoms with van der Waals surface area (Å²) in [4.78, 5) is 34.7. The van der Waals surface area contributed by atoms with Gasteiger partial charge in [0.15, 0.2) is 6.10 Å². The van der Waals surface area contributed by atoms with Crippen LogP contribution < -0.4 is 5.32 Å². The highest BCUT2D eigenvalue weighted by Gasteiger charge is 2.20. The first-order chi connectivity index (χ1) is 12.8. The van der Waals surface area contributed by atoms with E-state index < -0.39 is 28.7 Å². The fourth-order valence-corrected chi connectivity index (χ4v) is 2.87. The van der Waals surface area contributed by atoms with Gasteiger partial charge in [0.05, 0.1) is 15.6 Å². The maximum Gasteiger partial charge on any atom is 0.317 e. The molecule has 7 nitrogen and oxygen atoms in total. The normalized spacial score (nSPS) is 11.5. The number of amides is 1. The van der Waals surface area contributed by atoms with Crippen molar-refractivity contribution in [3.8, 4) is 0 Å². The Morgan fingerprint density at radius 1 is 1.30 bits per heavy atom. The van der Waals surface area contributed by atoms with Crippen molar-refractivity contribution in [2.75, 3.05) is 11.1 Å². The van der Waals surface area contributed by atoms with Gasteiger partial charge < -0.3 is 10.1 Å². The van der Waals surface area contributed by atoms with Crippen molar-refractivity contribution in [2.45, 2.75) is 24.8 Å². The van der Waals surface area contributed by atoms with E-state index in [1.165, 1.54) is 43.3 Å². The Kier molecular flexibility index (Phi) is 6.89. The summed E-state index contributed by atoms with van der Waals surface area (Å²) in [6.07, 6.45) is -1.10. The van der Waals surface area contributed by atoms with Gasteiger partial charge in [-0.3, -0.25) is 19.7 Å². The van der Waals surface area contributed by atoms with E-state index in [-0.39, 0.29) is 17.1 Å². The van der Waals surface area contributed by atoms with Crippen LogP contribution in [0.4, 0.5) is 15.8 Å². The molecule has 2 aromatic rings. The molecule has 0 fully saturated rings. The largest absolute Gasteiger partial charge is 0.452 e. The first-order valence-electron chi connectivity index (χ1n) is 7.90. The molecule has 9 heteroatoms. The monoisotopic (exact) mass is 392 g/mol. The van der Waals surface area contributed by atoms with Crippen LogP contribution in [0.2, 0.25) is 0 Å². The zero-order chi connectivity index (χ0) is 20.0. The van der Waals surface area contributed by atoms with Gasteiger partial charge in [-0.25, -0.2) is 4.39 Å². The molecule has 142 valence electrons. The highest BCUT2D eigenvalue weighted by molar-refractivity contribution is 8.00. The van der Waals surface area contributed by atoms with Gasteiger partial charge in [-0.2, -0.15) is 0 Å². The molecule has 1 amide bonds. The van der Waals surface area contributed by atoms with Crippen LogP contribution in [0.1, 0.15) is 12.5 Å². The van der Waals surface area contributed by atoms with Crippen molar-refractivity contribution in [3.05, 3.63) is 64.0 Å². The van der Waals surface area contributed by atoms with E-state index in [0.29, 0.717) is 10.5 Å². The quantitative estimate of drug-likeness (QED) is 0.334. The number of nitro benzene ring substituents is 1. The minimum atomic E-state index is -1.10. The van der Waals surface area contributed by atoms with Crippen molar-refractivity contribution < 1.29 is 23.6 Å². The number of ether oxygens (including phenoxy) is 1. The number of rotatable bonds is 7. The highest BCUT2D eigenvalue weighted by atomic mass is 32.2. The Morgan fingerprint density at radius 3 is 2.67 bits per heavy atom. The van der Waals surface area contributed by atoms with Crippen LogP contribution in [-0.4, -0.2) is 28.7 Å². The summed E-state index contributed by atoms with van der Waals surface area (Å²) < 4.78 is 18.5. The van der Waals surface area contributed by atoms with E-state index in [1.807, 2.05) is 0 Å². The Bertz CT molecular complexity index is 875. The lowest BCUT2D eigenvalue weighted by Crippen LogP contribution is -2.30. The summed E-state index contributed by atoms with van der Waals surface area (Å²) in [6.45, 7) is 2.98. The summed E-state index contributed by atoms with van der Waals surface area (Å²) in [5.41, 5.74) is 0.585. The van der Waals surface area contributed by atoms with Crippen molar-refractivity contribution in [2.24, 2.45) is 0 Å². The zero-order valence-electron chi connectivity index (χ0n) is 14.6. The predicted molar refractivity (Wildman–Crippen MR) is 99.1 cm³/mol. The number of thioether (sulfide) groups is 1. The van der Waals surface area contributed by atoms with Gasteiger partial charge in [0.1, 0.15) is 5.82 Å². The van der Waals surface area contributed by atoms with E-state index in [0.717, 1.165) is 11.8 Å². The molecule has 0 saturated carbocycles. The third-order valence-corrected chi connectivity index (χ3v) is 4.56. The molecule has 0 spiro atoms. The number of esters is 1. The molecule has 0 bridgehead atoms. The number of hydrogen-bond acceptors (Lipinski definition) is 6. The minimum absolute atomic E-state index is 0.109. The van der Waals surface area contributed by atoms with E-state index in [1.54, 1.807) is 13.0 Å². The number of halogens is 1. The first kappa shape index (κ1) is 20.4. The molecule has 1 N–H and O–H groups in total. The average Bonchev–Trinajstić information content (AvgIpc) is 2.63. The van der Waals surface area contributed by atoms with Gasteiger partial charge >= 0.3 is 5.97 Å². The summed E-state index contributed by atoms with van der Waals surface area (Å²) >= 11 is 0.947. The molecule has 0 aliphatic heterocycles. The summed E-state index contributed by atoms with van der Waals surface area (Å²) in [5, 5.41) is 13.4. The van der Waals surface area contributed by atoms with Crippen LogP contribution >= 0.6 is 11.8 Å². The van der Waals surface area contributed by atoms with Gasteiger partial charge in [-0.05, 0) is 37.6 Å². The lowest BCUT2D eigenvalue weighted by Gasteiger charge is -2.13. The van der Waals surface area contributed by atoms with E-state index in [9.17, 15) is 24.1 Å². The molecule has 0 unspecified atom stereocenters. The van der Waals surface area contributed by atoms with Crippen LogP contribution in [0.5, 0.6) is 0 Å². The molecule has 2 aromatic carbocycles. The molecule has 1 atom stereocenters.